The lowest BCUT2D eigenvalue weighted by Gasteiger charge is -2.22. The third-order valence-electron chi connectivity index (χ3n) is 11.9. The van der Waals surface area contributed by atoms with Crippen molar-refractivity contribution in [3.8, 4) is 0 Å². The molecule has 12 heteroatoms. The number of nitrogens with one attached hydrogen (secondary N) is 4. The molecule has 2 atom stereocenters. The van der Waals surface area contributed by atoms with Gasteiger partial charge in [0.05, 0.1) is 19.3 Å². The van der Waals surface area contributed by atoms with Crippen LogP contribution in [0, 0.1) is 0 Å². The molecule has 1 rings (SSSR count). The monoisotopic (exact) mass is 941 g/mol. The standard InChI is InChI=1S/C55H96N4O8/c1-6-8-10-12-14-16-18-20-22-24-26-28-30-35-41-56-50(61)43-47(53(64)57-42-36-31-29-27-25-23-21-19-17-15-13-11-9-7-2)58-51(62)44-48(54(65)66-45-46-37-33-32-34-38-46)59-49(60)39-40-52(63)67-55(3,4)5/h32-34,37-38,47-48H,6-31,35-36,39-45H2,1-5H3,(H,56,61)(H,57,64)(H,58,62)(H,59,60)/t47-,48-/m0/s1. The Hall–Kier alpha value is -3.96. The largest absolute Gasteiger partial charge is 0.460 e. The molecule has 0 saturated heterocycles. The molecule has 0 aliphatic heterocycles. The number of benzene rings is 1. The summed E-state index contributed by atoms with van der Waals surface area (Å²) in [7, 11) is 0. The minimum absolute atomic E-state index is 0.0880. The number of hydrogen-bond donors (Lipinski definition) is 4. The van der Waals surface area contributed by atoms with Crippen LogP contribution in [0.25, 0.3) is 0 Å². The highest BCUT2D eigenvalue weighted by atomic mass is 16.6. The molecule has 67 heavy (non-hydrogen) atoms. The molecule has 0 spiro atoms. The van der Waals surface area contributed by atoms with Gasteiger partial charge in [0.2, 0.25) is 23.6 Å². The molecule has 384 valence electrons. The fraction of sp³-hybridized carbons (Fsp3) is 0.782. The van der Waals surface area contributed by atoms with Crippen LogP contribution in [0.1, 0.15) is 246 Å². The smallest absolute Gasteiger partial charge is 0.329 e. The Labute approximate surface area is 407 Å². The van der Waals surface area contributed by atoms with E-state index in [1.165, 1.54) is 135 Å². The van der Waals surface area contributed by atoms with E-state index in [2.05, 4.69) is 35.1 Å². The van der Waals surface area contributed by atoms with Crippen molar-refractivity contribution in [3.63, 3.8) is 0 Å². The number of rotatable bonds is 43. The van der Waals surface area contributed by atoms with Crippen LogP contribution >= 0.6 is 0 Å². The van der Waals surface area contributed by atoms with Crippen LogP contribution in [-0.4, -0.2) is 66.3 Å². The molecule has 0 radical (unpaired) electrons. The van der Waals surface area contributed by atoms with E-state index in [4.69, 9.17) is 9.47 Å². The van der Waals surface area contributed by atoms with Crippen molar-refractivity contribution in [1.29, 1.82) is 0 Å². The molecular formula is C55H96N4O8. The number of amides is 4. The first-order valence-electron chi connectivity index (χ1n) is 26.9. The predicted octanol–water partition coefficient (Wildman–Crippen LogP) is 11.8. The van der Waals surface area contributed by atoms with E-state index >= 15 is 0 Å². The van der Waals surface area contributed by atoms with Gasteiger partial charge in [-0.2, -0.15) is 0 Å². The summed E-state index contributed by atoms with van der Waals surface area (Å²) in [6, 6.07) is 6.38. The predicted molar refractivity (Wildman–Crippen MR) is 271 cm³/mol. The van der Waals surface area contributed by atoms with Crippen molar-refractivity contribution < 1.29 is 38.2 Å². The highest BCUT2D eigenvalue weighted by Gasteiger charge is 2.30. The van der Waals surface area contributed by atoms with Gasteiger partial charge in [-0.1, -0.05) is 211 Å². The molecule has 0 fully saturated rings. The molecule has 12 nitrogen and oxygen atoms in total. The summed E-state index contributed by atoms with van der Waals surface area (Å²) in [5.41, 5.74) is -0.0150. The van der Waals surface area contributed by atoms with E-state index in [0.29, 0.717) is 18.7 Å². The summed E-state index contributed by atoms with van der Waals surface area (Å²) in [6.07, 6.45) is 33.1. The van der Waals surface area contributed by atoms with Gasteiger partial charge in [0.25, 0.3) is 0 Å². The zero-order chi connectivity index (χ0) is 49.2. The van der Waals surface area contributed by atoms with Crippen molar-refractivity contribution in [2.75, 3.05) is 13.1 Å². The minimum atomic E-state index is -1.41. The van der Waals surface area contributed by atoms with Gasteiger partial charge in [-0.25, -0.2) is 4.79 Å². The molecule has 0 saturated carbocycles. The molecular weight excluding hydrogens is 845 g/mol. The average Bonchev–Trinajstić information content (AvgIpc) is 3.29. The zero-order valence-electron chi connectivity index (χ0n) is 43.1. The Morgan fingerprint density at radius 1 is 0.478 bits per heavy atom. The van der Waals surface area contributed by atoms with E-state index < -0.39 is 53.8 Å². The van der Waals surface area contributed by atoms with Crippen molar-refractivity contribution in [1.82, 2.24) is 21.3 Å². The maximum absolute atomic E-state index is 13.6. The van der Waals surface area contributed by atoms with Crippen LogP contribution in [0.3, 0.4) is 0 Å². The Morgan fingerprint density at radius 2 is 0.881 bits per heavy atom. The van der Waals surface area contributed by atoms with Gasteiger partial charge < -0.3 is 30.7 Å². The van der Waals surface area contributed by atoms with Gasteiger partial charge in [-0.3, -0.25) is 24.0 Å². The van der Waals surface area contributed by atoms with Crippen molar-refractivity contribution in [3.05, 3.63) is 35.9 Å². The molecule has 0 heterocycles. The molecule has 0 unspecified atom stereocenters. The summed E-state index contributed by atoms with van der Waals surface area (Å²) in [5.74, 6) is -3.64. The first kappa shape index (κ1) is 61.1. The second kappa shape index (κ2) is 41.1. The number of hydrogen-bond acceptors (Lipinski definition) is 8. The van der Waals surface area contributed by atoms with Crippen molar-refractivity contribution >= 4 is 35.6 Å². The maximum Gasteiger partial charge on any atom is 0.329 e. The molecule has 4 amide bonds. The van der Waals surface area contributed by atoms with E-state index in [-0.39, 0.29) is 31.8 Å². The lowest BCUT2D eigenvalue weighted by molar-refractivity contribution is -0.156. The van der Waals surface area contributed by atoms with Gasteiger partial charge in [0.15, 0.2) is 0 Å². The summed E-state index contributed by atoms with van der Waals surface area (Å²) in [5, 5.41) is 11.0. The molecule has 1 aromatic rings. The van der Waals surface area contributed by atoms with Crippen LogP contribution in [-0.2, 0) is 44.8 Å². The Morgan fingerprint density at radius 3 is 1.33 bits per heavy atom. The number of carbonyl (C=O) groups is 6. The first-order chi connectivity index (χ1) is 32.3. The maximum atomic E-state index is 13.6. The van der Waals surface area contributed by atoms with Crippen LogP contribution in [0.4, 0.5) is 0 Å². The lowest BCUT2D eigenvalue weighted by atomic mass is 10.0. The van der Waals surface area contributed by atoms with Crippen LogP contribution in [0.2, 0.25) is 0 Å². The number of carbonyl (C=O) groups excluding carboxylic acids is 6. The Balaban J connectivity index is 2.74. The van der Waals surface area contributed by atoms with E-state index in [1.54, 1.807) is 45.0 Å². The van der Waals surface area contributed by atoms with Crippen LogP contribution in [0.5, 0.6) is 0 Å². The second-order valence-corrected chi connectivity index (χ2v) is 19.7. The molecule has 4 N–H and O–H groups in total. The van der Waals surface area contributed by atoms with E-state index in [0.717, 1.165) is 44.9 Å². The molecule has 0 bridgehead atoms. The molecule has 0 aliphatic rings. The minimum Gasteiger partial charge on any atom is -0.460 e. The average molecular weight is 941 g/mol. The summed E-state index contributed by atoms with van der Waals surface area (Å²) < 4.78 is 10.8. The number of unbranched alkanes of at least 4 members (excludes halogenated alkanes) is 26. The molecule has 0 aromatic heterocycles. The van der Waals surface area contributed by atoms with Gasteiger partial charge in [-0.05, 0) is 39.2 Å². The number of ether oxygens (including phenoxy) is 2. The van der Waals surface area contributed by atoms with Crippen LogP contribution in [0.15, 0.2) is 30.3 Å². The van der Waals surface area contributed by atoms with E-state index in [9.17, 15) is 28.8 Å². The number of esters is 2. The zero-order valence-corrected chi connectivity index (χ0v) is 43.1. The van der Waals surface area contributed by atoms with Gasteiger partial charge in [0.1, 0.15) is 24.3 Å². The lowest BCUT2D eigenvalue weighted by Crippen LogP contribution is -2.51. The second-order valence-electron chi connectivity index (χ2n) is 19.7. The first-order valence-corrected chi connectivity index (χ1v) is 26.9. The van der Waals surface area contributed by atoms with Crippen LogP contribution < -0.4 is 21.3 Å². The highest BCUT2D eigenvalue weighted by Crippen LogP contribution is 2.15. The van der Waals surface area contributed by atoms with Crippen molar-refractivity contribution in [2.24, 2.45) is 0 Å². The summed E-state index contributed by atoms with van der Waals surface area (Å²) in [4.78, 5) is 79.0. The highest BCUT2D eigenvalue weighted by molar-refractivity contribution is 5.94. The fourth-order valence-corrected chi connectivity index (χ4v) is 8.00. The molecule has 0 aliphatic carbocycles. The Kier molecular flexibility index (Phi) is 37.4. The summed E-state index contributed by atoms with van der Waals surface area (Å²) >= 11 is 0. The van der Waals surface area contributed by atoms with E-state index in [1.807, 2.05) is 6.07 Å². The Bertz CT molecular complexity index is 1450. The molecule has 1 aromatic carbocycles. The fourth-order valence-electron chi connectivity index (χ4n) is 8.00. The normalized spacial score (nSPS) is 12.2. The SMILES string of the molecule is CCCCCCCCCCCCCCCCNC(=O)C[C@H](NC(=O)C[C@H](NC(=O)CCC(=O)OC(C)(C)C)C(=O)OCc1ccccc1)C(=O)NCCCCCCCCCCCCCCCC. The van der Waals surface area contributed by atoms with Gasteiger partial charge in [-0.15, -0.1) is 0 Å². The quantitative estimate of drug-likeness (QED) is 0.0370. The van der Waals surface area contributed by atoms with Crippen molar-refractivity contribution in [2.45, 2.75) is 264 Å². The third-order valence-corrected chi connectivity index (χ3v) is 11.9. The topological polar surface area (TPSA) is 169 Å². The third kappa shape index (κ3) is 37.7. The summed E-state index contributed by atoms with van der Waals surface area (Å²) in [6.45, 7) is 10.5. The van der Waals surface area contributed by atoms with Gasteiger partial charge in [0, 0.05) is 19.5 Å². The van der Waals surface area contributed by atoms with Gasteiger partial charge >= 0.3 is 11.9 Å².